The summed E-state index contributed by atoms with van der Waals surface area (Å²) in [7, 11) is 0. The van der Waals surface area contributed by atoms with Crippen LogP contribution in [-0.4, -0.2) is 40.3 Å². The van der Waals surface area contributed by atoms with Crippen LogP contribution >= 0.6 is 0 Å². The van der Waals surface area contributed by atoms with Crippen molar-refractivity contribution in [3.05, 3.63) is 23.4 Å². The van der Waals surface area contributed by atoms with Crippen LogP contribution in [-0.2, 0) is 0 Å². The molecule has 0 aromatic carbocycles. The summed E-state index contributed by atoms with van der Waals surface area (Å²) in [5.41, 5.74) is 7.29. The second-order valence-corrected chi connectivity index (χ2v) is 5.02. The quantitative estimate of drug-likeness (QED) is 0.323. The van der Waals surface area contributed by atoms with Gasteiger partial charge in [0.25, 0.3) is 0 Å². The van der Waals surface area contributed by atoms with E-state index in [2.05, 4.69) is 17.1 Å². The predicted molar refractivity (Wildman–Crippen MR) is 73.5 cm³/mol. The van der Waals surface area contributed by atoms with Gasteiger partial charge in [0, 0.05) is 12.7 Å². The summed E-state index contributed by atoms with van der Waals surface area (Å²) in [5, 5.41) is 21.6. The molecule has 0 aliphatic carbocycles. The summed E-state index contributed by atoms with van der Waals surface area (Å²) in [6.07, 6.45) is 2.70. The van der Waals surface area contributed by atoms with Crippen LogP contribution in [0.4, 0.5) is 5.82 Å². The highest BCUT2D eigenvalue weighted by molar-refractivity contribution is 6.02. The van der Waals surface area contributed by atoms with Gasteiger partial charge in [-0.25, -0.2) is 4.98 Å². The van der Waals surface area contributed by atoms with Crippen LogP contribution < -0.4 is 10.6 Å². The monoisotopic (exact) mass is 264 g/mol. The van der Waals surface area contributed by atoms with Gasteiger partial charge in [0.05, 0.1) is 18.2 Å². The Balaban J connectivity index is 2.48. The number of pyridine rings is 1. The number of nitrogens with zero attached hydrogens (tertiary/aromatic N) is 3. The van der Waals surface area contributed by atoms with E-state index < -0.39 is 0 Å². The molecule has 1 saturated heterocycles. The van der Waals surface area contributed by atoms with Gasteiger partial charge >= 0.3 is 0 Å². The molecular formula is C13H20N4O2. The summed E-state index contributed by atoms with van der Waals surface area (Å²) >= 11 is 0. The van der Waals surface area contributed by atoms with Gasteiger partial charge in [0.15, 0.2) is 5.84 Å². The molecule has 1 aromatic rings. The molecule has 0 spiro atoms. The van der Waals surface area contributed by atoms with E-state index in [1.165, 1.54) is 0 Å². The van der Waals surface area contributed by atoms with Crippen molar-refractivity contribution in [2.45, 2.75) is 26.3 Å². The molecule has 6 nitrogen and oxygen atoms in total. The fraction of sp³-hybridized carbons (Fsp3) is 0.538. The molecule has 19 heavy (non-hydrogen) atoms. The number of hydrogen-bond donors (Lipinski definition) is 3. The van der Waals surface area contributed by atoms with E-state index in [0.29, 0.717) is 17.3 Å². The predicted octanol–water partition coefficient (Wildman–Crippen LogP) is 0.692. The van der Waals surface area contributed by atoms with Crippen molar-refractivity contribution >= 4 is 11.7 Å². The number of amidine groups is 1. The zero-order chi connectivity index (χ0) is 14.0. The molecule has 1 aliphatic heterocycles. The topological polar surface area (TPSA) is 95.0 Å². The fourth-order valence-corrected chi connectivity index (χ4v) is 2.68. The molecule has 104 valence electrons. The molecule has 2 rings (SSSR count). The lowest BCUT2D eigenvalue weighted by molar-refractivity contribution is 0.244. The van der Waals surface area contributed by atoms with E-state index in [0.717, 1.165) is 18.5 Å². The molecule has 0 amide bonds. The number of anilines is 1. The van der Waals surface area contributed by atoms with E-state index in [4.69, 9.17) is 10.9 Å². The van der Waals surface area contributed by atoms with Gasteiger partial charge in [-0.1, -0.05) is 12.1 Å². The summed E-state index contributed by atoms with van der Waals surface area (Å²) in [4.78, 5) is 6.41. The first-order valence-corrected chi connectivity index (χ1v) is 6.41. The third kappa shape index (κ3) is 2.35. The zero-order valence-electron chi connectivity index (χ0n) is 11.2. The number of aryl methyl sites for hydroxylation is 1. The first-order valence-electron chi connectivity index (χ1n) is 6.41. The van der Waals surface area contributed by atoms with Crippen molar-refractivity contribution in [3.8, 4) is 0 Å². The Morgan fingerprint density at radius 1 is 1.63 bits per heavy atom. The number of hydrogen-bond acceptors (Lipinski definition) is 5. The largest absolute Gasteiger partial charge is 0.409 e. The molecule has 2 heterocycles. The van der Waals surface area contributed by atoms with Crippen molar-refractivity contribution in [2.75, 3.05) is 18.1 Å². The maximum atomic E-state index is 9.54. The van der Waals surface area contributed by atoms with Gasteiger partial charge in [0.2, 0.25) is 0 Å². The number of rotatable bonds is 3. The smallest absolute Gasteiger partial charge is 0.174 e. The highest BCUT2D eigenvalue weighted by atomic mass is 16.4. The molecule has 1 aliphatic rings. The molecular weight excluding hydrogens is 244 g/mol. The third-order valence-electron chi connectivity index (χ3n) is 3.84. The molecule has 1 fully saturated rings. The standard InChI is InChI=1S/C13H20N4O2/c1-8-4-6-17(10(8)7-18)13-11(12(14)16-19)9(2)3-5-15-13/h3,5,8,10,18-19H,4,6-7H2,1-2H3,(H2,14,16). The minimum atomic E-state index is 0.0274. The molecule has 4 N–H and O–H groups in total. The normalized spacial score (nSPS) is 23.9. The van der Waals surface area contributed by atoms with E-state index in [9.17, 15) is 5.11 Å². The van der Waals surface area contributed by atoms with Gasteiger partial charge in [-0.3, -0.25) is 0 Å². The second kappa shape index (κ2) is 5.44. The maximum Gasteiger partial charge on any atom is 0.174 e. The Hall–Kier alpha value is -1.82. The van der Waals surface area contributed by atoms with Crippen LogP contribution in [0.25, 0.3) is 0 Å². The Bertz CT molecular complexity index is 490. The Kier molecular flexibility index (Phi) is 3.90. The minimum absolute atomic E-state index is 0.0274. The van der Waals surface area contributed by atoms with Gasteiger partial charge in [-0.2, -0.15) is 0 Å². The van der Waals surface area contributed by atoms with Crippen LogP contribution in [0.15, 0.2) is 17.4 Å². The van der Waals surface area contributed by atoms with Crippen molar-refractivity contribution < 1.29 is 10.3 Å². The first kappa shape index (κ1) is 13.6. The van der Waals surface area contributed by atoms with Crippen LogP contribution in [0.3, 0.4) is 0 Å². The third-order valence-corrected chi connectivity index (χ3v) is 3.84. The second-order valence-electron chi connectivity index (χ2n) is 5.02. The molecule has 0 radical (unpaired) electrons. The molecule has 2 unspecified atom stereocenters. The summed E-state index contributed by atoms with van der Waals surface area (Å²) in [6.45, 7) is 4.90. The average Bonchev–Trinajstić information content (AvgIpc) is 2.78. The van der Waals surface area contributed by atoms with E-state index >= 15 is 0 Å². The van der Waals surface area contributed by atoms with Crippen molar-refractivity contribution in [2.24, 2.45) is 16.8 Å². The van der Waals surface area contributed by atoms with E-state index in [1.807, 2.05) is 17.9 Å². The van der Waals surface area contributed by atoms with Crippen molar-refractivity contribution in [1.29, 1.82) is 0 Å². The van der Waals surface area contributed by atoms with E-state index in [1.54, 1.807) is 6.20 Å². The SMILES string of the molecule is Cc1ccnc(N2CCC(C)C2CO)c1/C(N)=N/O. The lowest BCUT2D eigenvalue weighted by atomic mass is 10.0. The number of aromatic nitrogens is 1. The number of nitrogens with two attached hydrogens (primary N) is 1. The van der Waals surface area contributed by atoms with Gasteiger partial charge in [0.1, 0.15) is 5.82 Å². The lowest BCUT2D eigenvalue weighted by Gasteiger charge is -2.28. The van der Waals surface area contributed by atoms with Gasteiger partial charge < -0.3 is 20.9 Å². The summed E-state index contributed by atoms with van der Waals surface area (Å²) < 4.78 is 0. The van der Waals surface area contributed by atoms with Crippen LogP contribution in [0.2, 0.25) is 0 Å². The fourth-order valence-electron chi connectivity index (χ4n) is 2.68. The first-order chi connectivity index (χ1) is 9.10. The van der Waals surface area contributed by atoms with Crippen molar-refractivity contribution in [1.82, 2.24) is 4.98 Å². The highest BCUT2D eigenvalue weighted by Crippen LogP contribution is 2.31. The number of oxime groups is 1. The van der Waals surface area contributed by atoms with Crippen LogP contribution in [0, 0.1) is 12.8 Å². The van der Waals surface area contributed by atoms with Crippen molar-refractivity contribution in [3.63, 3.8) is 0 Å². The molecule has 2 atom stereocenters. The maximum absolute atomic E-state index is 9.54. The average molecular weight is 264 g/mol. The molecule has 1 aromatic heterocycles. The summed E-state index contributed by atoms with van der Waals surface area (Å²) in [6, 6.07) is 1.85. The Labute approximate surface area is 112 Å². The van der Waals surface area contributed by atoms with Crippen LogP contribution in [0.5, 0.6) is 0 Å². The number of aliphatic hydroxyl groups excluding tert-OH is 1. The Morgan fingerprint density at radius 2 is 2.37 bits per heavy atom. The van der Waals surface area contributed by atoms with Crippen LogP contribution in [0.1, 0.15) is 24.5 Å². The van der Waals surface area contributed by atoms with Gasteiger partial charge in [-0.15, -0.1) is 0 Å². The number of aliphatic hydroxyl groups is 1. The van der Waals surface area contributed by atoms with Gasteiger partial charge in [-0.05, 0) is 30.9 Å². The lowest BCUT2D eigenvalue weighted by Crippen LogP contribution is -2.37. The molecule has 0 bridgehead atoms. The Morgan fingerprint density at radius 3 is 3.00 bits per heavy atom. The highest BCUT2D eigenvalue weighted by Gasteiger charge is 2.33. The van der Waals surface area contributed by atoms with E-state index in [-0.39, 0.29) is 18.5 Å². The summed E-state index contributed by atoms with van der Waals surface area (Å²) in [5.74, 6) is 1.13. The zero-order valence-corrected chi connectivity index (χ0v) is 11.2. The minimum Gasteiger partial charge on any atom is -0.409 e. The molecule has 6 heteroatoms. The molecule has 0 saturated carbocycles.